The van der Waals surface area contributed by atoms with Gasteiger partial charge in [0.2, 0.25) is 0 Å². The summed E-state index contributed by atoms with van der Waals surface area (Å²) in [6.45, 7) is 7.76. The van der Waals surface area contributed by atoms with Crippen LogP contribution in [0.5, 0.6) is 0 Å². The Kier molecular flexibility index (Phi) is 5.66. The molecule has 0 radical (unpaired) electrons. The molecule has 28 heavy (non-hydrogen) atoms. The summed E-state index contributed by atoms with van der Waals surface area (Å²) in [6, 6.07) is 0.963. The van der Waals surface area contributed by atoms with Crippen molar-refractivity contribution < 1.29 is 5.11 Å². The van der Waals surface area contributed by atoms with Crippen LogP contribution in [0, 0.1) is 46.3 Å². The molecular weight excluding hydrogens is 346 g/mol. The second-order valence-corrected chi connectivity index (χ2v) is 11.7. The lowest BCUT2D eigenvalue weighted by atomic mass is 9.42. The molecule has 11 atom stereocenters. The summed E-state index contributed by atoms with van der Waals surface area (Å²) < 4.78 is 0. The Bertz CT molecular complexity index is 570. The second-order valence-electron chi connectivity index (χ2n) is 11.7. The first-order valence-corrected chi connectivity index (χ1v) is 12.1. The normalized spacial score (nSPS) is 54.5. The molecule has 4 rings (SSSR count). The zero-order chi connectivity index (χ0) is 20.3. The summed E-state index contributed by atoms with van der Waals surface area (Å²) in [5, 5.41) is 9.30. The third-order valence-corrected chi connectivity index (χ3v) is 10.6. The molecule has 0 saturated heterocycles. The summed E-state index contributed by atoms with van der Waals surface area (Å²) in [6.07, 6.45) is 10.5. The van der Waals surface area contributed by atoms with Gasteiger partial charge in [-0.3, -0.25) is 0 Å². The number of hydrogen-bond donors (Lipinski definition) is 4. The van der Waals surface area contributed by atoms with Gasteiger partial charge in [-0.15, -0.1) is 0 Å². The minimum Gasteiger partial charge on any atom is -0.396 e. The number of nitrogens with two attached hydrogens (primary N) is 3. The van der Waals surface area contributed by atoms with Crippen molar-refractivity contribution in [2.75, 3.05) is 6.61 Å². The van der Waals surface area contributed by atoms with E-state index in [4.69, 9.17) is 17.2 Å². The highest BCUT2D eigenvalue weighted by Crippen LogP contribution is 2.67. The first-order valence-electron chi connectivity index (χ1n) is 12.1. The van der Waals surface area contributed by atoms with Crippen LogP contribution >= 0.6 is 0 Å². The van der Waals surface area contributed by atoms with E-state index < -0.39 is 0 Å². The van der Waals surface area contributed by atoms with Gasteiger partial charge in [0.1, 0.15) is 0 Å². The highest BCUT2D eigenvalue weighted by Gasteiger charge is 2.64. The first kappa shape index (κ1) is 21.1. The average Bonchev–Trinajstić information content (AvgIpc) is 3.01. The van der Waals surface area contributed by atoms with Gasteiger partial charge in [-0.25, -0.2) is 0 Å². The monoisotopic (exact) mass is 391 g/mol. The van der Waals surface area contributed by atoms with E-state index in [1.807, 2.05) is 0 Å². The van der Waals surface area contributed by atoms with Gasteiger partial charge < -0.3 is 22.3 Å². The molecule has 162 valence electrons. The summed E-state index contributed by atoms with van der Waals surface area (Å²) in [7, 11) is 0. The molecule has 4 aliphatic carbocycles. The van der Waals surface area contributed by atoms with Crippen molar-refractivity contribution in [3.63, 3.8) is 0 Å². The second kappa shape index (κ2) is 7.51. The number of fused-ring (bicyclic) bond motifs is 5. The third kappa shape index (κ3) is 3.01. The largest absolute Gasteiger partial charge is 0.396 e. The molecule has 4 nitrogen and oxygen atoms in total. The summed E-state index contributed by atoms with van der Waals surface area (Å²) in [5.74, 6) is 3.98. The zero-order valence-corrected chi connectivity index (χ0v) is 18.4. The summed E-state index contributed by atoms with van der Waals surface area (Å²) in [5.41, 5.74) is 21.0. The van der Waals surface area contributed by atoms with Gasteiger partial charge in [0, 0.05) is 24.7 Å². The molecular formula is C24H45N3O. The summed E-state index contributed by atoms with van der Waals surface area (Å²) in [4.78, 5) is 0. The van der Waals surface area contributed by atoms with E-state index in [-0.39, 0.29) is 11.5 Å². The van der Waals surface area contributed by atoms with Crippen LogP contribution in [0.3, 0.4) is 0 Å². The Labute approximate surface area is 172 Å². The maximum atomic E-state index is 9.30. The van der Waals surface area contributed by atoms with Crippen molar-refractivity contribution >= 4 is 0 Å². The van der Waals surface area contributed by atoms with Crippen molar-refractivity contribution in [2.24, 2.45) is 63.5 Å². The molecule has 0 aromatic rings. The van der Waals surface area contributed by atoms with Gasteiger partial charge in [-0.05, 0) is 104 Å². The van der Waals surface area contributed by atoms with E-state index in [1.54, 1.807) is 0 Å². The smallest absolute Gasteiger partial charge is 0.0431 e. The van der Waals surface area contributed by atoms with Gasteiger partial charge >= 0.3 is 0 Å². The molecule has 4 saturated carbocycles. The number of aliphatic hydroxyl groups is 1. The molecule has 0 amide bonds. The molecule has 4 fully saturated rings. The van der Waals surface area contributed by atoms with Crippen LogP contribution in [-0.2, 0) is 0 Å². The van der Waals surface area contributed by atoms with Gasteiger partial charge in [0.25, 0.3) is 0 Å². The molecule has 0 aliphatic heterocycles. The van der Waals surface area contributed by atoms with Crippen LogP contribution in [0.25, 0.3) is 0 Å². The van der Waals surface area contributed by atoms with E-state index in [9.17, 15) is 5.11 Å². The Morgan fingerprint density at radius 1 is 1.00 bits per heavy atom. The Morgan fingerprint density at radius 3 is 2.46 bits per heavy atom. The maximum absolute atomic E-state index is 9.30. The Morgan fingerprint density at radius 2 is 1.75 bits per heavy atom. The quantitative estimate of drug-likeness (QED) is 0.591. The molecule has 0 spiro atoms. The zero-order valence-electron chi connectivity index (χ0n) is 18.4. The predicted molar refractivity (Wildman–Crippen MR) is 115 cm³/mol. The predicted octanol–water partition coefficient (Wildman–Crippen LogP) is 3.26. The SMILES string of the molecule is C[C@H](CCCO)C1CC[C@H]2C3[C@H](N)CC4C[C@H](N)CC[C@]4(C)[C@H]3C[C@H](N)C12C. The van der Waals surface area contributed by atoms with Crippen LogP contribution in [0.1, 0.15) is 78.6 Å². The molecule has 0 bridgehead atoms. The number of aliphatic hydroxyl groups excluding tert-OH is 1. The molecule has 4 unspecified atom stereocenters. The van der Waals surface area contributed by atoms with Gasteiger partial charge in [-0.2, -0.15) is 0 Å². The Balaban J connectivity index is 1.62. The van der Waals surface area contributed by atoms with Crippen LogP contribution in [0.2, 0.25) is 0 Å². The van der Waals surface area contributed by atoms with Crippen LogP contribution in [0.4, 0.5) is 0 Å². The topological polar surface area (TPSA) is 98.3 Å². The van der Waals surface area contributed by atoms with Crippen LogP contribution in [0.15, 0.2) is 0 Å². The van der Waals surface area contributed by atoms with Crippen molar-refractivity contribution in [1.82, 2.24) is 0 Å². The molecule has 7 N–H and O–H groups in total. The van der Waals surface area contributed by atoms with Crippen molar-refractivity contribution in [1.29, 1.82) is 0 Å². The summed E-state index contributed by atoms with van der Waals surface area (Å²) >= 11 is 0. The lowest BCUT2D eigenvalue weighted by molar-refractivity contribution is -0.132. The van der Waals surface area contributed by atoms with Crippen molar-refractivity contribution in [2.45, 2.75) is 96.7 Å². The van der Waals surface area contributed by atoms with E-state index in [0.29, 0.717) is 59.6 Å². The average molecular weight is 392 g/mol. The molecule has 0 aromatic heterocycles. The highest BCUT2D eigenvalue weighted by molar-refractivity contribution is 5.16. The van der Waals surface area contributed by atoms with Gasteiger partial charge in [0.05, 0.1) is 0 Å². The van der Waals surface area contributed by atoms with Crippen LogP contribution < -0.4 is 17.2 Å². The maximum Gasteiger partial charge on any atom is 0.0431 e. The van der Waals surface area contributed by atoms with E-state index in [2.05, 4.69) is 20.8 Å². The number of hydrogen-bond acceptors (Lipinski definition) is 4. The fraction of sp³-hybridized carbons (Fsp3) is 1.00. The van der Waals surface area contributed by atoms with Crippen molar-refractivity contribution in [3.05, 3.63) is 0 Å². The lowest BCUT2D eigenvalue weighted by Crippen LogP contribution is -2.65. The lowest BCUT2D eigenvalue weighted by Gasteiger charge is -2.64. The molecule has 4 aliphatic rings. The van der Waals surface area contributed by atoms with Crippen LogP contribution in [-0.4, -0.2) is 29.8 Å². The van der Waals surface area contributed by atoms with Crippen molar-refractivity contribution in [3.8, 4) is 0 Å². The Hall–Kier alpha value is -0.160. The van der Waals surface area contributed by atoms with Gasteiger partial charge in [-0.1, -0.05) is 20.8 Å². The minimum atomic E-state index is 0.210. The fourth-order valence-corrected chi connectivity index (χ4v) is 8.99. The standard InChI is InChI=1S/C24H45N3O/c1-14(5-4-10-28)17-6-7-18-22-19(13-21(27)24(17,18)3)23(2)9-8-16(25)11-15(23)12-20(22)26/h14-22,28H,4-13,25-27H2,1-3H3/t14-,15?,16-,17?,18+,19+,20-,21+,22?,23+,24?/m1/s1. The van der Waals surface area contributed by atoms with E-state index in [1.165, 1.54) is 25.7 Å². The number of rotatable bonds is 4. The highest BCUT2D eigenvalue weighted by atomic mass is 16.2. The first-order chi connectivity index (χ1) is 13.2. The third-order valence-electron chi connectivity index (χ3n) is 10.6. The van der Waals surface area contributed by atoms with E-state index in [0.717, 1.165) is 32.1 Å². The molecule has 4 heteroatoms. The van der Waals surface area contributed by atoms with E-state index >= 15 is 0 Å². The molecule has 0 heterocycles. The fourth-order valence-electron chi connectivity index (χ4n) is 8.99. The minimum absolute atomic E-state index is 0.210. The molecule has 0 aromatic carbocycles. The van der Waals surface area contributed by atoms with Gasteiger partial charge in [0.15, 0.2) is 0 Å².